The molecule has 0 amide bonds. The van der Waals surface area contributed by atoms with Crippen LogP contribution in [0.4, 0.5) is 4.39 Å². The van der Waals surface area contributed by atoms with E-state index in [0.29, 0.717) is 4.47 Å². The molecule has 1 aromatic carbocycles. The number of rotatable bonds is 3. The quantitative estimate of drug-likeness (QED) is 0.720. The number of hydrogen-bond acceptors (Lipinski definition) is 2. The van der Waals surface area contributed by atoms with Gasteiger partial charge < -0.3 is 9.14 Å². The highest BCUT2D eigenvalue weighted by Gasteiger charge is 2.06. The summed E-state index contributed by atoms with van der Waals surface area (Å²) in [5.41, 5.74) is 2.77. The third-order valence-corrected chi connectivity index (χ3v) is 3.41. The van der Waals surface area contributed by atoms with Gasteiger partial charge in [0.15, 0.2) is 11.6 Å². The van der Waals surface area contributed by atoms with Crippen LogP contribution in [0.1, 0.15) is 11.3 Å². The van der Waals surface area contributed by atoms with Crippen LogP contribution in [0, 0.1) is 12.7 Å². The highest BCUT2D eigenvalue weighted by Crippen LogP contribution is 2.22. The zero-order valence-corrected chi connectivity index (χ0v) is 12.4. The number of pyridine rings is 1. The first-order chi connectivity index (χ1) is 9.61. The van der Waals surface area contributed by atoms with Crippen LogP contribution in [-0.2, 0) is 6.61 Å². The Morgan fingerprint density at radius 1 is 1.25 bits per heavy atom. The molecule has 0 radical (unpaired) electrons. The van der Waals surface area contributed by atoms with Crippen molar-refractivity contribution in [1.82, 2.24) is 9.38 Å². The number of aryl methyl sites for hydroxylation is 1. The molecule has 2 heterocycles. The third kappa shape index (κ3) is 2.67. The second kappa shape index (κ2) is 5.25. The lowest BCUT2D eigenvalue weighted by molar-refractivity contribution is 0.286. The molecule has 0 spiro atoms. The van der Waals surface area contributed by atoms with Crippen LogP contribution in [0.2, 0.25) is 0 Å². The molecule has 0 N–H and O–H groups in total. The zero-order chi connectivity index (χ0) is 14.1. The van der Waals surface area contributed by atoms with E-state index in [4.69, 9.17) is 4.74 Å². The first-order valence-electron chi connectivity index (χ1n) is 6.14. The van der Waals surface area contributed by atoms with Gasteiger partial charge in [0, 0.05) is 16.9 Å². The minimum atomic E-state index is -0.390. The average molecular weight is 335 g/mol. The molecular weight excluding hydrogens is 323 g/mol. The Balaban J connectivity index is 1.79. The molecule has 0 saturated heterocycles. The van der Waals surface area contributed by atoms with E-state index < -0.39 is 0 Å². The highest BCUT2D eigenvalue weighted by atomic mass is 79.9. The number of halogens is 2. The van der Waals surface area contributed by atoms with E-state index in [9.17, 15) is 4.39 Å². The first-order valence-corrected chi connectivity index (χ1v) is 6.93. The van der Waals surface area contributed by atoms with Gasteiger partial charge in [-0.25, -0.2) is 9.37 Å². The Bertz CT molecular complexity index is 770. The Hall–Kier alpha value is -1.88. The summed E-state index contributed by atoms with van der Waals surface area (Å²) in [6, 6.07) is 8.66. The van der Waals surface area contributed by atoms with Crippen molar-refractivity contribution in [1.29, 1.82) is 0 Å². The molecule has 102 valence electrons. The molecule has 0 aliphatic rings. The molecule has 0 aliphatic carbocycles. The summed E-state index contributed by atoms with van der Waals surface area (Å²) in [5, 5.41) is 0. The van der Waals surface area contributed by atoms with Crippen LogP contribution in [-0.4, -0.2) is 9.38 Å². The van der Waals surface area contributed by atoms with Crippen molar-refractivity contribution in [2.75, 3.05) is 0 Å². The smallest absolute Gasteiger partial charge is 0.166 e. The van der Waals surface area contributed by atoms with Crippen LogP contribution < -0.4 is 4.74 Å². The van der Waals surface area contributed by atoms with Gasteiger partial charge in [-0.15, -0.1) is 0 Å². The first kappa shape index (κ1) is 13.1. The van der Waals surface area contributed by atoms with Gasteiger partial charge in [0.25, 0.3) is 0 Å². The van der Waals surface area contributed by atoms with E-state index in [-0.39, 0.29) is 18.2 Å². The summed E-state index contributed by atoms with van der Waals surface area (Å²) in [4.78, 5) is 4.42. The van der Waals surface area contributed by atoms with Crippen molar-refractivity contribution in [2.45, 2.75) is 13.5 Å². The van der Waals surface area contributed by atoms with Crippen LogP contribution in [0.25, 0.3) is 5.65 Å². The summed E-state index contributed by atoms with van der Waals surface area (Å²) in [6.07, 6.45) is 3.88. The third-order valence-electron chi connectivity index (χ3n) is 2.92. The minimum Gasteiger partial charge on any atom is -0.484 e. The number of imidazole rings is 1. The molecule has 3 aromatic rings. The van der Waals surface area contributed by atoms with Crippen molar-refractivity contribution < 1.29 is 9.13 Å². The lowest BCUT2D eigenvalue weighted by Crippen LogP contribution is -1.97. The van der Waals surface area contributed by atoms with Gasteiger partial charge in [-0.3, -0.25) is 0 Å². The van der Waals surface area contributed by atoms with E-state index in [1.165, 1.54) is 6.07 Å². The average Bonchev–Trinajstić information content (AvgIpc) is 2.79. The molecular formula is C15H12BrFN2O. The summed E-state index contributed by atoms with van der Waals surface area (Å²) in [6.45, 7) is 2.26. The standard InChI is InChI=1S/C15H12BrFN2O/c1-10-2-5-15-18-12(8-19(15)7-10)9-20-14-4-3-11(16)6-13(14)17/h2-8H,9H2,1H3. The number of fused-ring (bicyclic) bond motifs is 1. The molecule has 3 nitrogen and oxygen atoms in total. The molecule has 0 bridgehead atoms. The topological polar surface area (TPSA) is 26.5 Å². The SMILES string of the molecule is Cc1ccc2nc(COc3ccc(Br)cc3F)cn2c1. The monoisotopic (exact) mass is 334 g/mol. The fourth-order valence-electron chi connectivity index (χ4n) is 1.97. The Labute approximate surface area is 124 Å². The van der Waals surface area contributed by atoms with E-state index in [1.54, 1.807) is 12.1 Å². The number of ether oxygens (including phenoxy) is 1. The van der Waals surface area contributed by atoms with Crippen LogP contribution in [0.3, 0.4) is 0 Å². The number of benzene rings is 1. The molecule has 2 aromatic heterocycles. The highest BCUT2D eigenvalue weighted by molar-refractivity contribution is 9.10. The van der Waals surface area contributed by atoms with E-state index in [1.807, 2.05) is 35.9 Å². The van der Waals surface area contributed by atoms with Gasteiger partial charge in [-0.05, 0) is 36.8 Å². The largest absolute Gasteiger partial charge is 0.484 e. The lowest BCUT2D eigenvalue weighted by atomic mass is 10.3. The Morgan fingerprint density at radius 2 is 2.10 bits per heavy atom. The van der Waals surface area contributed by atoms with Crippen molar-refractivity contribution in [3.05, 3.63) is 64.3 Å². The zero-order valence-electron chi connectivity index (χ0n) is 10.8. The molecule has 0 aliphatic heterocycles. The van der Waals surface area contributed by atoms with Crippen LogP contribution >= 0.6 is 15.9 Å². The summed E-state index contributed by atoms with van der Waals surface area (Å²) in [5.74, 6) is -0.166. The molecule has 5 heteroatoms. The molecule has 0 atom stereocenters. The summed E-state index contributed by atoms with van der Waals surface area (Å²) >= 11 is 3.21. The maximum atomic E-state index is 13.6. The predicted octanol–water partition coefficient (Wildman–Crippen LogP) is 4.12. The minimum absolute atomic E-state index is 0.224. The number of nitrogens with zero attached hydrogens (tertiary/aromatic N) is 2. The normalized spacial score (nSPS) is 10.9. The van der Waals surface area contributed by atoms with Gasteiger partial charge in [0.1, 0.15) is 12.3 Å². The van der Waals surface area contributed by atoms with E-state index in [0.717, 1.165) is 16.9 Å². The van der Waals surface area contributed by atoms with Crippen molar-refractivity contribution >= 4 is 21.6 Å². The number of aromatic nitrogens is 2. The van der Waals surface area contributed by atoms with E-state index >= 15 is 0 Å². The van der Waals surface area contributed by atoms with Crippen molar-refractivity contribution in [3.8, 4) is 5.75 Å². The maximum absolute atomic E-state index is 13.6. The molecule has 0 unspecified atom stereocenters. The fraction of sp³-hybridized carbons (Fsp3) is 0.133. The summed E-state index contributed by atoms with van der Waals surface area (Å²) in [7, 11) is 0. The van der Waals surface area contributed by atoms with Gasteiger partial charge >= 0.3 is 0 Å². The molecule has 3 rings (SSSR count). The van der Waals surface area contributed by atoms with Gasteiger partial charge in [-0.2, -0.15) is 0 Å². The van der Waals surface area contributed by atoms with Crippen molar-refractivity contribution in [3.63, 3.8) is 0 Å². The molecule has 20 heavy (non-hydrogen) atoms. The van der Waals surface area contributed by atoms with Crippen LogP contribution in [0.5, 0.6) is 5.75 Å². The Kier molecular flexibility index (Phi) is 3.44. The molecule has 0 saturated carbocycles. The fourth-order valence-corrected chi connectivity index (χ4v) is 2.30. The summed E-state index contributed by atoms with van der Waals surface area (Å²) < 4.78 is 21.7. The second-order valence-electron chi connectivity index (χ2n) is 4.57. The molecule has 0 fully saturated rings. The van der Waals surface area contributed by atoms with Crippen LogP contribution in [0.15, 0.2) is 47.2 Å². The number of hydrogen-bond donors (Lipinski definition) is 0. The predicted molar refractivity (Wildman–Crippen MR) is 78.4 cm³/mol. The van der Waals surface area contributed by atoms with Gasteiger partial charge in [0.05, 0.1) is 5.69 Å². The van der Waals surface area contributed by atoms with Gasteiger partial charge in [-0.1, -0.05) is 22.0 Å². The van der Waals surface area contributed by atoms with Crippen molar-refractivity contribution in [2.24, 2.45) is 0 Å². The van der Waals surface area contributed by atoms with E-state index in [2.05, 4.69) is 20.9 Å². The maximum Gasteiger partial charge on any atom is 0.166 e. The lowest BCUT2D eigenvalue weighted by Gasteiger charge is -2.05. The second-order valence-corrected chi connectivity index (χ2v) is 5.48. The Morgan fingerprint density at radius 3 is 2.90 bits per heavy atom. The van der Waals surface area contributed by atoms with Gasteiger partial charge in [0.2, 0.25) is 0 Å².